The summed E-state index contributed by atoms with van der Waals surface area (Å²) in [6.07, 6.45) is 1.89. The molecule has 30 heavy (non-hydrogen) atoms. The van der Waals surface area contributed by atoms with E-state index in [1.54, 1.807) is 18.2 Å². The maximum atomic E-state index is 13.0. The van der Waals surface area contributed by atoms with Crippen molar-refractivity contribution < 1.29 is 19.0 Å². The fourth-order valence-corrected chi connectivity index (χ4v) is 3.70. The van der Waals surface area contributed by atoms with Crippen LogP contribution in [0, 0.1) is 12.7 Å². The highest BCUT2D eigenvalue weighted by atomic mass is 35.5. The number of hydrogen-bond donors (Lipinski definition) is 2. The number of aliphatic hydroxyl groups is 1. The van der Waals surface area contributed by atoms with E-state index in [2.05, 4.69) is 5.32 Å². The van der Waals surface area contributed by atoms with Crippen LogP contribution < -0.4 is 10.1 Å². The summed E-state index contributed by atoms with van der Waals surface area (Å²) >= 11 is 6.18. The predicted molar refractivity (Wildman–Crippen MR) is 115 cm³/mol. The Hall–Kier alpha value is -2.15. The van der Waals surface area contributed by atoms with E-state index in [0.29, 0.717) is 36.7 Å². The van der Waals surface area contributed by atoms with Gasteiger partial charge in [-0.1, -0.05) is 29.8 Å². The molecule has 0 radical (unpaired) electrons. The molecule has 1 atom stereocenters. The molecular weight excluding hydrogens is 407 g/mol. The topological polar surface area (TPSA) is 61.8 Å². The smallest absolute Gasteiger partial charge is 0.234 e. The minimum atomic E-state index is -0.952. The highest BCUT2D eigenvalue weighted by Crippen LogP contribution is 2.28. The summed E-state index contributed by atoms with van der Waals surface area (Å²) in [7, 11) is 0. The van der Waals surface area contributed by atoms with E-state index < -0.39 is 5.60 Å². The van der Waals surface area contributed by atoms with Crippen molar-refractivity contribution in [1.29, 1.82) is 0 Å². The molecule has 7 heteroatoms. The van der Waals surface area contributed by atoms with Crippen LogP contribution in [0.25, 0.3) is 0 Å². The van der Waals surface area contributed by atoms with E-state index in [0.717, 1.165) is 24.1 Å². The van der Waals surface area contributed by atoms with Gasteiger partial charge in [0, 0.05) is 13.1 Å². The van der Waals surface area contributed by atoms with E-state index in [1.165, 1.54) is 12.1 Å². The number of aryl methyl sites for hydroxylation is 1. The summed E-state index contributed by atoms with van der Waals surface area (Å²) in [6, 6.07) is 11.6. The Morgan fingerprint density at radius 2 is 2.00 bits per heavy atom. The molecule has 1 aliphatic rings. The van der Waals surface area contributed by atoms with Crippen LogP contribution in [-0.2, 0) is 11.3 Å². The first-order chi connectivity index (χ1) is 14.3. The third kappa shape index (κ3) is 6.69. The lowest BCUT2D eigenvalue weighted by Crippen LogP contribution is -2.40. The lowest BCUT2D eigenvalue weighted by Gasteiger charge is -2.27. The molecule has 2 aromatic rings. The standard InChI is InChI=1S/C23H28ClFN2O3/c1-17-3-8-20(24)21(13-17)30-16-23(29)9-2-11-27(12-10-23)15-22(28)26-14-18-4-6-19(25)7-5-18/h3-8,13,29H,2,9-12,14-16H2,1H3,(H,26,28)/t23-/m1/s1. The molecule has 1 heterocycles. The molecule has 5 nitrogen and oxygen atoms in total. The van der Waals surface area contributed by atoms with Crippen molar-refractivity contribution in [2.75, 3.05) is 26.2 Å². The van der Waals surface area contributed by atoms with Crippen LogP contribution in [0.15, 0.2) is 42.5 Å². The Balaban J connectivity index is 1.45. The van der Waals surface area contributed by atoms with E-state index in [9.17, 15) is 14.3 Å². The highest BCUT2D eigenvalue weighted by molar-refractivity contribution is 6.32. The lowest BCUT2D eigenvalue weighted by atomic mass is 9.96. The molecule has 0 bridgehead atoms. The van der Waals surface area contributed by atoms with Crippen LogP contribution in [0.4, 0.5) is 4.39 Å². The molecule has 2 aromatic carbocycles. The number of ether oxygens (including phenoxy) is 1. The van der Waals surface area contributed by atoms with Gasteiger partial charge in [-0.25, -0.2) is 4.39 Å². The summed E-state index contributed by atoms with van der Waals surface area (Å²) in [4.78, 5) is 14.3. The largest absolute Gasteiger partial charge is 0.489 e. The van der Waals surface area contributed by atoms with Gasteiger partial charge < -0.3 is 15.2 Å². The van der Waals surface area contributed by atoms with E-state index in [-0.39, 0.29) is 24.9 Å². The van der Waals surface area contributed by atoms with Crippen molar-refractivity contribution in [3.8, 4) is 5.75 Å². The monoisotopic (exact) mass is 434 g/mol. The Labute approximate surface area is 181 Å². The molecule has 3 rings (SSSR count). The number of nitrogens with zero attached hydrogens (tertiary/aromatic N) is 1. The number of nitrogens with one attached hydrogen (secondary N) is 1. The molecule has 2 N–H and O–H groups in total. The fourth-order valence-electron chi connectivity index (χ4n) is 3.53. The van der Waals surface area contributed by atoms with Crippen molar-refractivity contribution in [1.82, 2.24) is 10.2 Å². The van der Waals surface area contributed by atoms with Gasteiger partial charge in [0.05, 0.1) is 17.2 Å². The number of likely N-dealkylation sites (tertiary alicyclic amines) is 1. The number of halogens is 2. The summed E-state index contributed by atoms with van der Waals surface area (Å²) < 4.78 is 18.8. The maximum Gasteiger partial charge on any atom is 0.234 e. The van der Waals surface area contributed by atoms with Crippen molar-refractivity contribution in [3.05, 3.63) is 64.4 Å². The Bertz CT molecular complexity index is 862. The number of carbonyl (C=O) groups is 1. The Morgan fingerprint density at radius 1 is 1.23 bits per heavy atom. The molecular formula is C23H28ClFN2O3. The molecule has 0 aliphatic carbocycles. The minimum Gasteiger partial charge on any atom is -0.489 e. The van der Waals surface area contributed by atoms with Gasteiger partial charge in [-0.2, -0.15) is 0 Å². The van der Waals surface area contributed by atoms with Gasteiger partial charge in [-0.05, 0) is 68.1 Å². The van der Waals surface area contributed by atoms with E-state index >= 15 is 0 Å². The van der Waals surface area contributed by atoms with Crippen LogP contribution in [0.5, 0.6) is 5.75 Å². The minimum absolute atomic E-state index is 0.0902. The molecule has 1 amide bonds. The highest BCUT2D eigenvalue weighted by Gasteiger charge is 2.31. The summed E-state index contributed by atoms with van der Waals surface area (Å²) in [6.45, 7) is 4.09. The van der Waals surface area contributed by atoms with Crippen molar-refractivity contribution in [2.24, 2.45) is 0 Å². The molecule has 162 valence electrons. The predicted octanol–water partition coefficient (Wildman–Crippen LogP) is 3.70. The average Bonchev–Trinajstić information content (AvgIpc) is 2.90. The zero-order chi connectivity index (χ0) is 21.6. The van der Waals surface area contributed by atoms with Crippen LogP contribution >= 0.6 is 11.6 Å². The average molecular weight is 435 g/mol. The summed E-state index contributed by atoms with van der Waals surface area (Å²) in [5.74, 6) is 0.190. The van der Waals surface area contributed by atoms with Crippen LogP contribution in [-0.4, -0.2) is 47.8 Å². The van der Waals surface area contributed by atoms with Crippen LogP contribution in [0.1, 0.15) is 30.4 Å². The van der Waals surface area contributed by atoms with Gasteiger partial charge in [0.1, 0.15) is 18.2 Å². The molecule has 0 aromatic heterocycles. The molecule has 1 aliphatic heterocycles. The van der Waals surface area contributed by atoms with Crippen LogP contribution in [0.3, 0.4) is 0 Å². The number of amides is 1. The summed E-state index contributed by atoms with van der Waals surface area (Å²) in [5, 5.41) is 14.4. The quantitative estimate of drug-likeness (QED) is 0.697. The van der Waals surface area contributed by atoms with Gasteiger partial charge in [0.15, 0.2) is 0 Å². The number of rotatable bonds is 7. The second kappa shape index (κ2) is 10.2. The van der Waals surface area contributed by atoms with Gasteiger partial charge in [0.2, 0.25) is 5.91 Å². The van der Waals surface area contributed by atoms with Gasteiger partial charge in [-0.15, -0.1) is 0 Å². The second-order valence-electron chi connectivity index (χ2n) is 7.98. The third-order valence-electron chi connectivity index (χ3n) is 5.36. The SMILES string of the molecule is Cc1ccc(Cl)c(OC[C@@]2(O)CCCN(CC(=O)NCc3ccc(F)cc3)CC2)c1. The second-order valence-corrected chi connectivity index (χ2v) is 8.39. The first kappa shape index (κ1) is 22.5. The Morgan fingerprint density at radius 3 is 2.77 bits per heavy atom. The van der Waals surface area contributed by atoms with Crippen LogP contribution in [0.2, 0.25) is 5.02 Å². The summed E-state index contributed by atoms with van der Waals surface area (Å²) in [5.41, 5.74) is 0.939. The maximum absolute atomic E-state index is 13.0. The molecule has 1 fully saturated rings. The molecule has 0 saturated carbocycles. The number of benzene rings is 2. The van der Waals surface area contributed by atoms with Gasteiger partial charge in [-0.3, -0.25) is 9.69 Å². The van der Waals surface area contributed by atoms with Gasteiger partial charge >= 0.3 is 0 Å². The normalized spacial score (nSPS) is 19.9. The first-order valence-electron chi connectivity index (χ1n) is 10.2. The van der Waals surface area contributed by atoms with Crippen molar-refractivity contribution in [3.63, 3.8) is 0 Å². The zero-order valence-corrected chi connectivity index (χ0v) is 17.9. The molecule has 1 saturated heterocycles. The van der Waals surface area contributed by atoms with Crippen molar-refractivity contribution in [2.45, 2.75) is 38.3 Å². The Kier molecular flexibility index (Phi) is 7.69. The fraction of sp³-hybridized carbons (Fsp3) is 0.435. The zero-order valence-electron chi connectivity index (χ0n) is 17.2. The molecule has 0 unspecified atom stereocenters. The van der Waals surface area contributed by atoms with Crippen molar-refractivity contribution >= 4 is 17.5 Å². The third-order valence-corrected chi connectivity index (χ3v) is 5.68. The van der Waals surface area contributed by atoms with E-state index in [1.807, 2.05) is 24.0 Å². The lowest BCUT2D eigenvalue weighted by molar-refractivity contribution is -0.122. The number of carbonyl (C=O) groups excluding carboxylic acids is 1. The van der Waals surface area contributed by atoms with Gasteiger partial charge in [0.25, 0.3) is 0 Å². The number of hydrogen-bond acceptors (Lipinski definition) is 4. The van der Waals surface area contributed by atoms with E-state index in [4.69, 9.17) is 16.3 Å². The first-order valence-corrected chi connectivity index (χ1v) is 10.6. The molecule has 0 spiro atoms.